The summed E-state index contributed by atoms with van der Waals surface area (Å²) in [5.74, 6) is 0. The average molecular weight is 283 g/mol. The van der Waals surface area contributed by atoms with Gasteiger partial charge in [0, 0.05) is 19.1 Å². The van der Waals surface area contributed by atoms with Crippen molar-refractivity contribution in [2.24, 2.45) is 5.73 Å². The number of anilines is 1. The van der Waals surface area contributed by atoms with E-state index in [1.807, 2.05) is 13.0 Å². The molecular formula is C15H23ClN2O. The van der Waals surface area contributed by atoms with Crippen LogP contribution in [0.3, 0.4) is 0 Å². The van der Waals surface area contributed by atoms with Crippen LogP contribution in [0.15, 0.2) is 18.2 Å². The van der Waals surface area contributed by atoms with Crippen LogP contribution in [0.1, 0.15) is 39.3 Å². The third-order valence-electron chi connectivity index (χ3n) is 3.41. The van der Waals surface area contributed by atoms with Crippen LogP contribution >= 0.6 is 11.6 Å². The number of hydrogen-bond acceptors (Lipinski definition) is 3. The van der Waals surface area contributed by atoms with Crippen LogP contribution in [-0.2, 0) is 4.74 Å². The maximum absolute atomic E-state index is 6.41. The van der Waals surface area contributed by atoms with E-state index in [1.165, 1.54) is 0 Å². The van der Waals surface area contributed by atoms with Crippen LogP contribution in [0, 0.1) is 0 Å². The van der Waals surface area contributed by atoms with Gasteiger partial charge in [-0.2, -0.15) is 0 Å². The first-order valence-corrected chi connectivity index (χ1v) is 7.14. The number of ether oxygens (including phenoxy) is 1. The Kier molecular flexibility index (Phi) is 4.09. The molecule has 4 heteroatoms. The van der Waals surface area contributed by atoms with Gasteiger partial charge in [0.05, 0.1) is 22.4 Å². The molecule has 2 rings (SSSR count). The summed E-state index contributed by atoms with van der Waals surface area (Å²) >= 11 is 6.41. The Labute approximate surface area is 120 Å². The molecule has 0 bridgehead atoms. The summed E-state index contributed by atoms with van der Waals surface area (Å²) in [6.07, 6.45) is 0.202. The fourth-order valence-corrected chi connectivity index (χ4v) is 3.01. The second-order valence-corrected chi connectivity index (χ2v) is 6.48. The van der Waals surface area contributed by atoms with Crippen molar-refractivity contribution in [3.8, 4) is 0 Å². The number of nitrogens with two attached hydrogens (primary N) is 1. The Bertz CT molecular complexity index is 459. The van der Waals surface area contributed by atoms with Crippen molar-refractivity contribution in [3.05, 3.63) is 28.8 Å². The normalized spacial score (nSPS) is 24.3. The quantitative estimate of drug-likeness (QED) is 0.904. The number of nitrogens with zero attached hydrogens (tertiary/aromatic N) is 1. The minimum absolute atomic E-state index is 0.00611. The predicted octanol–water partition coefficient (Wildman–Crippen LogP) is 3.36. The molecule has 0 saturated carbocycles. The van der Waals surface area contributed by atoms with E-state index in [9.17, 15) is 0 Å². The average Bonchev–Trinajstić information content (AvgIpc) is 2.25. The first kappa shape index (κ1) is 14.6. The summed E-state index contributed by atoms with van der Waals surface area (Å²) < 4.78 is 5.92. The van der Waals surface area contributed by atoms with Crippen molar-refractivity contribution in [1.82, 2.24) is 0 Å². The van der Waals surface area contributed by atoms with Gasteiger partial charge in [0.1, 0.15) is 0 Å². The standard InChI is InChI=1S/C15H23ClN2O/c1-10-8-18(9-15(3,4)19-10)14-6-5-12(11(2)17)7-13(14)16/h5-7,10-11H,8-9,17H2,1-4H3. The molecule has 0 amide bonds. The zero-order valence-electron chi connectivity index (χ0n) is 12.1. The summed E-state index contributed by atoms with van der Waals surface area (Å²) in [7, 11) is 0. The van der Waals surface area contributed by atoms with Gasteiger partial charge >= 0.3 is 0 Å². The highest BCUT2D eigenvalue weighted by Crippen LogP contribution is 2.32. The van der Waals surface area contributed by atoms with E-state index in [1.54, 1.807) is 0 Å². The fourth-order valence-electron chi connectivity index (χ4n) is 2.70. The zero-order chi connectivity index (χ0) is 14.2. The Hall–Kier alpha value is -0.770. The lowest BCUT2D eigenvalue weighted by Crippen LogP contribution is -2.52. The molecule has 2 unspecified atom stereocenters. The molecule has 2 atom stereocenters. The van der Waals surface area contributed by atoms with Crippen LogP contribution in [0.2, 0.25) is 5.02 Å². The van der Waals surface area contributed by atoms with Gasteiger partial charge in [0.15, 0.2) is 0 Å². The highest BCUT2D eigenvalue weighted by Gasteiger charge is 2.32. The van der Waals surface area contributed by atoms with Crippen LogP contribution in [-0.4, -0.2) is 24.8 Å². The molecule has 0 spiro atoms. The SMILES string of the molecule is CC1CN(c2ccc(C(C)N)cc2Cl)CC(C)(C)O1. The van der Waals surface area contributed by atoms with E-state index in [4.69, 9.17) is 22.1 Å². The van der Waals surface area contributed by atoms with Gasteiger partial charge < -0.3 is 15.4 Å². The topological polar surface area (TPSA) is 38.5 Å². The lowest BCUT2D eigenvalue weighted by Gasteiger charge is -2.43. The molecule has 1 aliphatic rings. The van der Waals surface area contributed by atoms with Crippen molar-refractivity contribution in [2.45, 2.75) is 45.4 Å². The highest BCUT2D eigenvalue weighted by molar-refractivity contribution is 6.33. The molecular weight excluding hydrogens is 260 g/mol. The van der Waals surface area contributed by atoms with Crippen molar-refractivity contribution < 1.29 is 4.74 Å². The van der Waals surface area contributed by atoms with Gasteiger partial charge in [-0.1, -0.05) is 17.7 Å². The Morgan fingerprint density at radius 2 is 2.16 bits per heavy atom. The minimum atomic E-state index is -0.152. The lowest BCUT2D eigenvalue weighted by atomic mass is 10.0. The van der Waals surface area contributed by atoms with Gasteiger partial charge in [-0.05, 0) is 45.4 Å². The molecule has 1 aliphatic heterocycles. The van der Waals surface area contributed by atoms with Crippen molar-refractivity contribution in [1.29, 1.82) is 0 Å². The maximum Gasteiger partial charge on any atom is 0.0805 e. The Morgan fingerprint density at radius 1 is 1.47 bits per heavy atom. The summed E-state index contributed by atoms with van der Waals surface area (Å²) in [6.45, 7) is 9.98. The largest absolute Gasteiger partial charge is 0.369 e. The van der Waals surface area contributed by atoms with Crippen LogP contribution in [0.4, 0.5) is 5.69 Å². The molecule has 1 aromatic carbocycles. The van der Waals surface area contributed by atoms with Crippen LogP contribution in [0.25, 0.3) is 0 Å². The van der Waals surface area contributed by atoms with Gasteiger partial charge in [-0.25, -0.2) is 0 Å². The first-order valence-electron chi connectivity index (χ1n) is 6.76. The van der Waals surface area contributed by atoms with E-state index in [0.717, 1.165) is 29.4 Å². The zero-order valence-corrected chi connectivity index (χ0v) is 12.9. The number of halogens is 1. The smallest absolute Gasteiger partial charge is 0.0805 e. The van der Waals surface area contributed by atoms with Crippen molar-refractivity contribution >= 4 is 17.3 Å². The Balaban J connectivity index is 2.26. The van der Waals surface area contributed by atoms with Crippen LogP contribution < -0.4 is 10.6 Å². The van der Waals surface area contributed by atoms with E-state index in [0.29, 0.717) is 0 Å². The molecule has 3 nitrogen and oxygen atoms in total. The molecule has 0 aliphatic carbocycles. The van der Waals surface area contributed by atoms with Gasteiger partial charge in [0.2, 0.25) is 0 Å². The monoisotopic (exact) mass is 282 g/mol. The summed E-state index contributed by atoms with van der Waals surface area (Å²) in [4.78, 5) is 2.29. The molecule has 1 aromatic rings. The fraction of sp³-hybridized carbons (Fsp3) is 0.600. The summed E-state index contributed by atoms with van der Waals surface area (Å²) in [6, 6.07) is 6.09. The number of rotatable bonds is 2. The van der Waals surface area contributed by atoms with E-state index >= 15 is 0 Å². The second-order valence-electron chi connectivity index (χ2n) is 6.07. The molecule has 1 saturated heterocycles. The molecule has 1 fully saturated rings. The molecule has 106 valence electrons. The highest BCUT2D eigenvalue weighted by atomic mass is 35.5. The predicted molar refractivity (Wildman–Crippen MR) is 80.9 cm³/mol. The number of benzene rings is 1. The van der Waals surface area contributed by atoms with Crippen molar-refractivity contribution in [2.75, 3.05) is 18.0 Å². The summed E-state index contributed by atoms with van der Waals surface area (Å²) in [5, 5.41) is 0.764. The van der Waals surface area contributed by atoms with Gasteiger partial charge in [-0.3, -0.25) is 0 Å². The van der Waals surface area contributed by atoms with Gasteiger partial charge in [-0.15, -0.1) is 0 Å². The van der Waals surface area contributed by atoms with E-state index < -0.39 is 0 Å². The first-order chi connectivity index (χ1) is 8.78. The third kappa shape index (κ3) is 3.41. The Morgan fingerprint density at radius 3 is 2.68 bits per heavy atom. The number of morpholine rings is 1. The minimum Gasteiger partial charge on any atom is -0.369 e. The molecule has 1 heterocycles. The summed E-state index contributed by atoms with van der Waals surface area (Å²) in [5.41, 5.74) is 7.86. The maximum atomic E-state index is 6.41. The second kappa shape index (κ2) is 5.31. The van der Waals surface area contributed by atoms with E-state index in [2.05, 4.69) is 37.8 Å². The molecule has 19 heavy (non-hydrogen) atoms. The van der Waals surface area contributed by atoms with Crippen LogP contribution in [0.5, 0.6) is 0 Å². The third-order valence-corrected chi connectivity index (χ3v) is 3.71. The molecule has 0 aromatic heterocycles. The lowest BCUT2D eigenvalue weighted by molar-refractivity contribution is -0.0749. The van der Waals surface area contributed by atoms with Gasteiger partial charge in [0.25, 0.3) is 0 Å². The van der Waals surface area contributed by atoms with Crippen molar-refractivity contribution in [3.63, 3.8) is 0 Å². The molecule has 0 radical (unpaired) electrons. The van der Waals surface area contributed by atoms with E-state index in [-0.39, 0.29) is 17.7 Å². The molecule has 2 N–H and O–H groups in total. The number of hydrogen-bond donors (Lipinski definition) is 1.